The number of rotatable bonds is 61. The van der Waals surface area contributed by atoms with Crippen LogP contribution in [-0.4, -0.2) is 37.2 Å². The van der Waals surface area contributed by atoms with Crippen molar-refractivity contribution >= 4 is 17.9 Å². The molecule has 6 heteroatoms. The van der Waals surface area contributed by atoms with Gasteiger partial charge in [-0.15, -0.1) is 0 Å². The van der Waals surface area contributed by atoms with E-state index >= 15 is 0 Å². The molecule has 0 saturated carbocycles. The quantitative estimate of drug-likeness (QED) is 0.0261. The summed E-state index contributed by atoms with van der Waals surface area (Å²) in [5.74, 6) is -0.889. The van der Waals surface area contributed by atoms with Crippen LogP contribution < -0.4 is 0 Å². The first-order chi connectivity index (χ1) is 39.0. The molecule has 0 radical (unpaired) electrons. The Labute approximate surface area is 489 Å². The Bertz CT molecular complexity index is 1540. The summed E-state index contributed by atoms with van der Waals surface area (Å²) in [6.45, 7) is 6.51. The van der Waals surface area contributed by atoms with Crippen molar-refractivity contribution in [1.82, 2.24) is 0 Å². The summed E-state index contributed by atoms with van der Waals surface area (Å²) in [7, 11) is 0. The van der Waals surface area contributed by atoms with Crippen LogP contribution in [0, 0.1) is 0 Å². The first-order valence-electron chi connectivity index (χ1n) is 33.7. The van der Waals surface area contributed by atoms with Crippen LogP contribution in [0.3, 0.4) is 0 Å². The van der Waals surface area contributed by atoms with E-state index < -0.39 is 6.10 Å². The second-order valence-corrected chi connectivity index (χ2v) is 22.4. The minimum Gasteiger partial charge on any atom is -0.462 e. The lowest BCUT2D eigenvalue weighted by molar-refractivity contribution is -0.167. The molecule has 0 fully saturated rings. The molecule has 79 heavy (non-hydrogen) atoms. The zero-order chi connectivity index (χ0) is 57.1. The van der Waals surface area contributed by atoms with E-state index in [0.717, 1.165) is 116 Å². The molecule has 0 aromatic carbocycles. The topological polar surface area (TPSA) is 78.9 Å². The summed E-state index contributed by atoms with van der Waals surface area (Å²) in [4.78, 5) is 38.3. The minimum atomic E-state index is -0.785. The number of hydrogen-bond acceptors (Lipinski definition) is 6. The number of unbranched alkanes of at least 4 members (excludes halogenated alkanes) is 34. The Kier molecular flexibility index (Phi) is 63.7. The van der Waals surface area contributed by atoms with Gasteiger partial charge < -0.3 is 14.2 Å². The number of hydrogen-bond donors (Lipinski definition) is 0. The number of ether oxygens (including phenoxy) is 3. The highest BCUT2D eigenvalue weighted by atomic mass is 16.6. The lowest BCUT2D eigenvalue weighted by atomic mass is 10.0. The highest BCUT2D eigenvalue weighted by molar-refractivity contribution is 5.71. The van der Waals surface area contributed by atoms with Gasteiger partial charge in [0.25, 0.3) is 0 Å². The summed E-state index contributed by atoms with van der Waals surface area (Å²) in [6, 6.07) is 0. The molecule has 0 bridgehead atoms. The monoisotopic (exact) mass is 1100 g/mol. The smallest absolute Gasteiger partial charge is 0.306 e. The Morgan fingerprint density at radius 1 is 0.266 bits per heavy atom. The second-order valence-electron chi connectivity index (χ2n) is 22.4. The number of carbonyl (C=O) groups excluding carboxylic acids is 3. The van der Waals surface area contributed by atoms with Crippen molar-refractivity contribution in [3.63, 3.8) is 0 Å². The molecule has 1 unspecified atom stereocenters. The van der Waals surface area contributed by atoms with Gasteiger partial charge in [0.15, 0.2) is 6.10 Å². The lowest BCUT2D eigenvalue weighted by Gasteiger charge is -2.18. The predicted molar refractivity (Wildman–Crippen MR) is 344 cm³/mol. The lowest BCUT2D eigenvalue weighted by Crippen LogP contribution is -2.30. The number of carbonyl (C=O) groups is 3. The average molecular weight is 1100 g/mol. The maximum absolute atomic E-state index is 12.9. The summed E-state index contributed by atoms with van der Waals surface area (Å²) >= 11 is 0. The molecule has 6 nitrogen and oxygen atoms in total. The standard InChI is InChI=1S/C73H126O6/c1-4-7-10-13-16-19-22-24-26-28-30-32-33-34-35-36-37-38-39-41-42-44-46-48-51-54-57-60-63-66-72(75)78-69-70(68-77-71(74)65-62-59-56-53-50-21-18-15-12-9-6-3)79-73(76)67-64-61-58-55-52-49-47-45-43-40-31-29-27-25-23-20-17-14-11-8-5-2/h7,10,15-16,18-19,24,26,30,32,34-35,37-38,41-42,70H,4-6,8-9,11-14,17,20-23,25,27-29,31,33,36,39-40,43-69H2,1-3H3/b10-7-,18-15-,19-16-,26-24-,32-30-,35-34-,38-37-,42-41-. The molecule has 0 aliphatic carbocycles. The van der Waals surface area contributed by atoms with E-state index in [1.165, 1.54) is 173 Å². The fraction of sp³-hybridized carbons (Fsp3) is 0.740. The maximum atomic E-state index is 12.9. The maximum Gasteiger partial charge on any atom is 0.306 e. The Morgan fingerprint density at radius 3 is 0.823 bits per heavy atom. The van der Waals surface area contributed by atoms with E-state index in [0.29, 0.717) is 19.3 Å². The van der Waals surface area contributed by atoms with E-state index in [1.807, 2.05) is 0 Å². The van der Waals surface area contributed by atoms with Crippen LogP contribution in [0.5, 0.6) is 0 Å². The third-order valence-corrected chi connectivity index (χ3v) is 14.6. The molecule has 0 heterocycles. The summed E-state index contributed by atoms with van der Waals surface area (Å²) in [5, 5.41) is 0. The molecule has 0 N–H and O–H groups in total. The molecule has 0 aromatic rings. The fourth-order valence-electron chi connectivity index (χ4n) is 9.52. The van der Waals surface area contributed by atoms with Crippen LogP contribution in [0.2, 0.25) is 0 Å². The third-order valence-electron chi connectivity index (χ3n) is 14.6. The first kappa shape index (κ1) is 75.3. The summed E-state index contributed by atoms with van der Waals surface area (Å²) in [6.07, 6.45) is 90.0. The van der Waals surface area contributed by atoms with Gasteiger partial charge in [-0.3, -0.25) is 14.4 Å². The van der Waals surface area contributed by atoms with Crippen molar-refractivity contribution < 1.29 is 28.6 Å². The van der Waals surface area contributed by atoms with E-state index in [2.05, 4.69) is 118 Å². The average Bonchev–Trinajstić information content (AvgIpc) is 3.45. The van der Waals surface area contributed by atoms with E-state index in [4.69, 9.17) is 14.2 Å². The van der Waals surface area contributed by atoms with Gasteiger partial charge in [-0.1, -0.05) is 311 Å². The number of allylic oxidation sites excluding steroid dienone is 16. The van der Waals surface area contributed by atoms with Crippen LogP contribution in [-0.2, 0) is 28.6 Å². The van der Waals surface area contributed by atoms with Crippen LogP contribution in [0.15, 0.2) is 97.2 Å². The van der Waals surface area contributed by atoms with Crippen molar-refractivity contribution in [3.05, 3.63) is 97.2 Å². The van der Waals surface area contributed by atoms with Gasteiger partial charge in [-0.2, -0.15) is 0 Å². The molecule has 0 aliphatic heterocycles. The Hall–Kier alpha value is -3.67. The van der Waals surface area contributed by atoms with Crippen molar-refractivity contribution in [2.45, 2.75) is 335 Å². The van der Waals surface area contributed by atoms with Gasteiger partial charge in [0.1, 0.15) is 13.2 Å². The van der Waals surface area contributed by atoms with Gasteiger partial charge in [-0.05, 0) is 96.3 Å². The predicted octanol–water partition coefficient (Wildman–Crippen LogP) is 23.2. The molecule has 0 amide bonds. The third kappa shape index (κ3) is 65.0. The molecular formula is C73H126O6. The molecular weight excluding hydrogens is 973 g/mol. The fourth-order valence-corrected chi connectivity index (χ4v) is 9.52. The Morgan fingerprint density at radius 2 is 0.506 bits per heavy atom. The molecule has 1 atom stereocenters. The zero-order valence-electron chi connectivity index (χ0n) is 52.1. The number of esters is 3. The van der Waals surface area contributed by atoms with Gasteiger partial charge in [0.05, 0.1) is 0 Å². The molecule has 0 saturated heterocycles. The Balaban J connectivity index is 4.27. The van der Waals surface area contributed by atoms with Crippen molar-refractivity contribution in [2.24, 2.45) is 0 Å². The SMILES string of the molecule is CC/C=C\C/C=C\C/C=C\C/C=C\C/C=C\C/C=C\C/C=C\CCCCCCCCCC(=O)OCC(COC(=O)CCCCCCC/C=C\CCCC)OC(=O)CCCCCCCCCCCCCCCCCCCCCCC. The molecule has 0 aromatic heterocycles. The van der Waals surface area contributed by atoms with Crippen LogP contribution in [0.25, 0.3) is 0 Å². The zero-order valence-corrected chi connectivity index (χ0v) is 52.1. The normalized spacial score (nSPS) is 12.7. The van der Waals surface area contributed by atoms with Gasteiger partial charge in [0, 0.05) is 19.3 Å². The van der Waals surface area contributed by atoms with Crippen LogP contribution in [0.1, 0.15) is 329 Å². The van der Waals surface area contributed by atoms with Crippen LogP contribution >= 0.6 is 0 Å². The van der Waals surface area contributed by atoms with Crippen molar-refractivity contribution in [3.8, 4) is 0 Å². The summed E-state index contributed by atoms with van der Waals surface area (Å²) < 4.78 is 16.9. The van der Waals surface area contributed by atoms with Gasteiger partial charge in [0.2, 0.25) is 0 Å². The molecule has 0 rings (SSSR count). The van der Waals surface area contributed by atoms with Gasteiger partial charge >= 0.3 is 17.9 Å². The van der Waals surface area contributed by atoms with Crippen LogP contribution in [0.4, 0.5) is 0 Å². The molecule has 454 valence electrons. The van der Waals surface area contributed by atoms with E-state index in [9.17, 15) is 14.4 Å². The van der Waals surface area contributed by atoms with E-state index in [1.54, 1.807) is 0 Å². The molecule has 0 aliphatic rings. The highest BCUT2D eigenvalue weighted by Crippen LogP contribution is 2.17. The van der Waals surface area contributed by atoms with Crippen molar-refractivity contribution in [2.75, 3.05) is 13.2 Å². The second kappa shape index (κ2) is 66.8. The largest absolute Gasteiger partial charge is 0.462 e. The van der Waals surface area contributed by atoms with Gasteiger partial charge in [-0.25, -0.2) is 0 Å². The van der Waals surface area contributed by atoms with E-state index in [-0.39, 0.29) is 31.1 Å². The molecule has 0 spiro atoms. The highest BCUT2D eigenvalue weighted by Gasteiger charge is 2.19. The first-order valence-corrected chi connectivity index (χ1v) is 33.7. The minimum absolute atomic E-state index is 0.0825. The summed E-state index contributed by atoms with van der Waals surface area (Å²) in [5.41, 5.74) is 0. The van der Waals surface area contributed by atoms with Crippen molar-refractivity contribution in [1.29, 1.82) is 0 Å².